The number of rotatable bonds is 6. The van der Waals surface area contributed by atoms with Crippen LogP contribution in [-0.4, -0.2) is 46.3 Å². The van der Waals surface area contributed by atoms with Crippen molar-refractivity contribution in [2.75, 3.05) is 25.0 Å². The highest BCUT2D eigenvalue weighted by molar-refractivity contribution is 5.67. The molecule has 0 saturated heterocycles. The van der Waals surface area contributed by atoms with E-state index in [1.54, 1.807) is 20.8 Å². The average Bonchev–Trinajstić information content (AvgIpc) is 2.36. The molecule has 1 amide bonds. The fraction of sp³-hybridized carbons (Fsp3) is 0.615. The van der Waals surface area contributed by atoms with E-state index < -0.39 is 11.7 Å². The normalized spacial score (nSPS) is 11.0. The maximum Gasteiger partial charge on any atom is 0.407 e. The quantitative estimate of drug-likeness (QED) is 0.647. The summed E-state index contributed by atoms with van der Waals surface area (Å²) in [5.74, 6) is 0. The third kappa shape index (κ3) is 6.75. The molecule has 0 aromatic carbocycles. The van der Waals surface area contributed by atoms with Gasteiger partial charge in [-0.2, -0.15) is 5.10 Å². The van der Waals surface area contributed by atoms with Gasteiger partial charge in [0.05, 0.1) is 25.0 Å². The molecule has 3 N–H and O–H groups in total. The van der Waals surface area contributed by atoms with E-state index in [4.69, 9.17) is 9.84 Å². The van der Waals surface area contributed by atoms with Gasteiger partial charge in [0.15, 0.2) is 0 Å². The molecule has 1 heterocycles. The minimum atomic E-state index is -0.529. The Morgan fingerprint density at radius 3 is 2.71 bits per heavy atom. The number of amides is 1. The van der Waals surface area contributed by atoms with Crippen molar-refractivity contribution in [1.82, 2.24) is 15.1 Å². The number of aromatic nitrogens is 2. The number of aliphatic hydroxyl groups excluding tert-OH is 1. The van der Waals surface area contributed by atoms with Gasteiger partial charge in [-0.25, -0.2) is 9.48 Å². The molecular weight excluding hydrogens is 276 g/mol. The standard InChI is InChI=1S/C13H22N4O4/c1-13(2,3)21-12(20)15-5-4-14-10-8-11(19)17(6-7-18)16-9-10/h8-9,14,18H,4-7H2,1-3H3,(H,15,20). The molecule has 0 aliphatic rings. The lowest BCUT2D eigenvalue weighted by Gasteiger charge is -2.19. The molecule has 0 saturated carbocycles. The van der Waals surface area contributed by atoms with E-state index in [2.05, 4.69) is 15.7 Å². The number of aliphatic hydroxyl groups is 1. The van der Waals surface area contributed by atoms with Crippen LogP contribution in [0.3, 0.4) is 0 Å². The van der Waals surface area contributed by atoms with E-state index in [0.717, 1.165) is 0 Å². The molecule has 0 aliphatic heterocycles. The number of ether oxygens (including phenoxy) is 1. The molecule has 0 atom stereocenters. The summed E-state index contributed by atoms with van der Waals surface area (Å²) in [5, 5.41) is 18.2. The molecule has 21 heavy (non-hydrogen) atoms. The highest BCUT2D eigenvalue weighted by atomic mass is 16.6. The third-order valence-electron chi connectivity index (χ3n) is 2.30. The van der Waals surface area contributed by atoms with Crippen LogP contribution in [0.4, 0.5) is 10.5 Å². The van der Waals surface area contributed by atoms with Crippen molar-refractivity contribution in [3.63, 3.8) is 0 Å². The summed E-state index contributed by atoms with van der Waals surface area (Å²) in [6.07, 6.45) is 1.01. The molecule has 118 valence electrons. The minimum Gasteiger partial charge on any atom is -0.444 e. The Hall–Kier alpha value is -2.09. The molecule has 1 aromatic rings. The lowest BCUT2D eigenvalue weighted by molar-refractivity contribution is 0.0530. The van der Waals surface area contributed by atoms with E-state index in [9.17, 15) is 9.59 Å². The second-order valence-corrected chi connectivity index (χ2v) is 5.38. The maximum absolute atomic E-state index is 11.6. The summed E-state index contributed by atoms with van der Waals surface area (Å²) < 4.78 is 6.26. The van der Waals surface area contributed by atoms with Crippen LogP contribution in [0.15, 0.2) is 17.1 Å². The smallest absolute Gasteiger partial charge is 0.407 e. The molecule has 8 nitrogen and oxygen atoms in total. The predicted molar refractivity (Wildman–Crippen MR) is 78.3 cm³/mol. The lowest BCUT2D eigenvalue weighted by atomic mass is 10.2. The SMILES string of the molecule is CC(C)(C)OC(=O)NCCNc1cnn(CCO)c(=O)c1. The van der Waals surface area contributed by atoms with Crippen molar-refractivity contribution in [2.24, 2.45) is 0 Å². The molecule has 0 radical (unpaired) electrons. The Balaban J connectivity index is 2.35. The lowest BCUT2D eigenvalue weighted by Crippen LogP contribution is -2.35. The van der Waals surface area contributed by atoms with Crippen molar-refractivity contribution < 1.29 is 14.6 Å². The van der Waals surface area contributed by atoms with Gasteiger partial charge in [0.1, 0.15) is 5.60 Å². The third-order valence-corrected chi connectivity index (χ3v) is 2.30. The first-order chi connectivity index (χ1) is 9.81. The van der Waals surface area contributed by atoms with Crippen LogP contribution in [0.2, 0.25) is 0 Å². The van der Waals surface area contributed by atoms with Crippen LogP contribution in [0, 0.1) is 0 Å². The van der Waals surface area contributed by atoms with Crippen LogP contribution < -0.4 is 16.2 Å². The van der Waals surface area contributed by atoms with Crippen molar-refractivity contribution in [3.05, 3.63) is 22.6 Å². The molecule has 1 aromatic heterocycles. The molecule has 1 rings (SSSR count). The van der Waals surface area contributed by atoms with Crippen molar-refractivity contribution >= 4 is 11.8 Å². The summed E-state index contributed by atoms with van der Waals surface area (Å²) in [6, 6.07) is 1.39. The molecule has 0 unspecified atom stereocenters. The molecule has 0 aliphatic carbocycles. The Morgan fingerprint density at radius 1 is 1.43 bits per heavy atom. The number of carbonyl (C=O) groups is 1. The zero-order chi connectivity index (χ0) is 15.9. The molecular formula is C13H22N4O4. The second kappa shape index (κ2) is 7.63. The Kier molecular flexibility index (Phi) is 6.16. The molecule has 0 bridgehead atoms. The van der Waals surface area contributed by atoms with E-state index in [0.29, 0.717) is 18.8 Å². The van der Waals surface area contributed by atoms with Crippen molar-refractivity contribution in [2.45, 2.75) is 32.9 Å². The Bertz CT molecular complexity index is 522. The topological polar surface area (TPSA) is 105 Å². The first-order valence-electron chi connectivity index (χ1n) is 6.70. The summed E-state index contributed by atoms with van der Waals surface area (Å²) in [6.45, 7) is 6.19. The number of anilines is 1. The van der Waals surface area contributed by atoms with Crippen LogP contribution >= 0.6 is 0 Å². The van der Waals surface area contributed by atoms with Crippen LogP contribution in [-0.2, 0) is 11.3 Å². The number of nitrogens with zero attached hydrogens (tertiary/aromatic N) is 2. The van der Waals surface area contributed by atoms with Gasteiger partial charge < -0.3 is 20.5 Å². The second-order valence-electron chi connectivity index (χ2n) is 5.38. The van der Waals surface area contributed by atoms with Crippen molar-refractivity contribution in [3.8, 4) is 0 Å². The van der Waals surface area contributed by atoms with Gasteiger partial charge >= 0.3 is 6.09 Å². The van der Waals surface area contributed by atoms with Gasteiger partial charge in [0, 0.05) is 19.2 Å². The van der Waals surface area contributed by atoms with Crippen molar-refractivity contribution in [1.29, 1.82) is 0 Å². The first-order valence-corrected chi connectivity index (χ1v) is 6.70. The van der Waals surface area contributed by atoms with Gasteiger partial charge in [-0.1, -0.05) is 0 Å². The highest BCUT2D eigenvalue weighted by Crippen LogP contribution is 2.06. The van der Waals surface area contributed by atoms with Gasteiger partial charge in [-0.3, -0.25) is 4.79 Å². The van der Waals surface area contributed by atoms with Crippen LogP contribution in [0.5, 0.6) is 0 Å². The van der Waals surface area contributed by atoms with Gasteiger partial charge in [0.2, 0.25) is 0 Å². The van der Waals surface area contributed by atoms with Crippen LogP contribution in [0.25, 0.3) is 0 Å². The summed E-state index contributed by atoms with van der Waals surface area (Å²) in [4.78, 5) is 23.0. The zero-order valence-corrected chi connectivity index (χ0v) is 12.5. The van der Waals surface area contributed by atoms with E-state index in [-0.39, 0.29) is 18.7 Å². The summed E-state index contributed by atoms with van der Waals surface area (Å²) in [7, 11) is 0. The fourth-order valence-corrected chi connectivity index (χ4v) is 1.48. The van der Waals surface area contributed by atoms with Gasteiger partial charge in [-0.05, 0) is 20.8 Å². The minimum absolute atomic E-state index is 0.139. The average molecular weight is 298 g/mol. The summed E-state index contributed by atoms with van der Waals surface area (Å²) >= 11 is 0. The van der Waals surface area contributed by atoms with E-state index >= 15 is 0 Å². The number of carbonyl (C=O) groups excluding carboxylic acids is 1. The van der Waals surface area contributed by atoms with E-state index in [1.807, 2.05) is 0 Å². The largest absolute Gasteiger partial charge is 0.444 e. The molecule has 0 spiro atoms. The van der Waals surface area contributed by atoms with Gasteiger partial charge in [-0.15, -0.1) is 0 Å². The predicted octanol–water partition coefficient (Wildman–Crippen LogP) is 0.172. The summed E-state index contributed by atoms with van der Waals surface area (Å²) in [5.41, 5.74) is -0.270. The number of nitrogens with one attached hydrogen (secondary N) is 2. The number of hydrogen-bond donors (Lipinski definition) is 3. The fourth-order valence-electron chi connectivity index (χ4n) is 1.48. The Labute approximate surface area is 123 Å². The Morgan fingerprint density at radius 2 is 2.14 bits per heavy atom. The van der Waals surface area contributed by atoms with Crippen LogP contribution in [0.1, 0.15) is 20.8 Å². The number of alkyl carbamates (subject to hydrolysis) is 1. The number of hydrogen-bond acceptors (Lipinski definition) is 6. The molecule has 8 heteroatoms. The first kappa shape index (κ1) is 17.0. The maximum atomic E-state index is 11.6. The monoisotopic (exact) mass is 298 g/mol. The van der Waals surface area contributed by atoms with Gasteiger partial charge in [0.25, 0.3) is 5.56 Å². The molecule has 0 fully saturated rings. The highest BCUT2D eigenvalue weighted by Gasteiger charge is 2.15. The van der Waals surface area contributed by atoms with E-state index in [1.165, 1.54) is 16.9 Å². The zero-order valence-electron chi connectivity index (χ0n) is 12.5.